The molecular weight excluding hydrogens is 272 g/mol. The minimum Gasteiger partial charge on any atom is -0.317 e. The van der Waals surface area contributed by atoms with E-state index in [4.69, 9.17) is 0 Å². The lowest BCUT2D eigenvalue weighted by molar-refractivity contribution is 0.584. The zero-order valence-corrected chi connectivity index (χ0v) is 13.5. The van der Waals surface area contributed by atoms with Gasteiger partial charge in [0.25, 0.3) is 0 Å². The van der Waals surface area contributed by atoms with Crippen molar-refractivity contribution in [2.24, 2.45) is 0 Å². The second kappa shape index (κ2) is 8.27. The Morgan fingerprint density at radius 1 is 1.20 bits per heavy atom. The molecule has 5 heteroatoms. The maximum atomic E-state index is 12.4. The zero-order chi connectivity index (χ0) is 15.0. The van der Waals surface area contributed by atoms with E-state index in [1.54, 1.807) is 0 Å². The van der Waals surface area contributed by atoms with Crippen molar-refractivity contribution in [2.45, 2.75) is 33.6 Å². The second-order valence-electron chi connectivity index (χ2n) is 4.92. The molecule has 0 bridgehead atoms. The van der Waals surface area contributed by atoms with Crippen molar-refractivity contribution in [2.75, 3.05) is 29.7 Å². The molecule has 20 heavy (non-hydrogen) atoms. The van der Waals surface area contributed by atoms with Crippen molar-refractivity contribution in [1.82, 2.24) is 5.32 Å². The van der Waals surface area contributed by atoms with Crippen LogP contribution in [-0.2, 0) is 10.0 Å². The Morgan fingerprint density at radius 2 is 1.95 bits per heavy atom. The number of nitrogens with zero attached hydrogens (tertiary/aromatic N) is 1. The lowest BCUT2D eigenvalue weighted by atomic mass is 10.2. The molecule has 1 aromatic carbocycles. The third-order valence-corrected chi connectivity index (χ3v) is 5.04. The highest BCUT2D eigenvalue weighted by molar-refractivity contribution is 7.92. The smallest absolute Gasteiger partial charge is 0.235 e. The standard InChI is InChI=1S/C15H26N2O2S/c1-4-10-16-11-7-12-20(18,19)17(5-2)15-9-6-8-14(3)13-15/h6,8-9,13,16H,4-5,7,10-12H2,1-3H3. The Balaban J connectivity index is 2.68. The van der Waals surface area contributed by atoms with Crippen molar-refractivity contribution in [3.8, 4) is 0 Å². The van der Waals surface area contributed by atoms with Crippen LogP contribution in [0.5, 0.6) is 0 Å². The molecule has 0 aliphatic carbocycles. The molecule has 4 nitrogen and oxygen atoms in total. The maximum absolute atomic E-state index is 12.4. The average Bonchev–Trinajstić information content (AvgIpc) is 2.39. The summed E-state index contributed by atoms with van der Waals surface area (Å²) in [6.07, 6.45) is 1.71. The fraction of sp³-hybridized carbons (Fsp3) is 0.600. The number of sulfonamides is 1. The molecule has 1 aromatic rings. The van der Waals surface area contributed by atoms with E-state index in [-0.39, 0.29) is 5.75 Å². The topological polar surface area (TPSA) is 49.4 Å². The zero-order valence-electron chi connectivity index (χ0n) is 12.7. The van der Waals surface area contributed by atoms with Crippen LogP contribution in [0.2, 0.25) is 0 Å². The first-order chi connectivity index (χ1) is 9.51. The van der Waals surface area contributed by atoms with Crippen molar-refractivity contribution < 1.29 is 8.42 Å². The summed E-state index contributed by atoms with van der Waals surface area (Å²) in [5.41, 5.74) is 1.83. The van der Waals surface area contributed by atoms with Crippen LogP contribution in [0.15, 0.2) is 24.3 Å². The molecule has 0 fully saturated rings. The Labute approximate surface area is 123 Å². The summed E-state index contributed by atoms with van der Waals surface area (Å²) in [6, 6.07) is 7.63. The van der Waals surface area contributed by atoms with Crippen LogP contribution < -0.4 is 9.62 Å². The summed E-state index contributed by atoms with van der Waals surface area (Å²) in [6.45, 7) is 8.09. The lowest BCUT2D eigenvalue weighted by Gasteiger charge is -2.23. The summed E-state index contributed by atoms with van der Waals surface area (Å²) in [7, 11) is -3.24. The predicted molar refractivity (Wildman–Crippen MR) is 85.8 cm³/mol. The monoisotopic (exact) mass is 298 g/mol. The fourth-order valence-corrected chi connectivity index (χ4v) is 3.67. The average molecular weight is 298 g/mol. The van der Waals surface area contributed by atoms with Gasteiger partial charge in [0.15, 0.2) is 0 Å². The normalized spacial score (nSPS) is 11.6. The largest absolute Gasteiger partial charge is 0.317 e. The summed E-state index contributed by atoms with van der Waals surface area (Å²) >= 11 is 0. The molecule has 0 aliphatic heterocycles. The Morgan fingerprint density at radius 3 is 2.55 bits per heavy atom. The van der Waals surface area contributed by atoms with Gasteiger partial charge in [-0.15, -0.1) is 0 Å². The number of nitrogens with one attached hydrogen (secondary N) is 1. The molecule has 0 amide bonds. The van der Waals surface area contributed by atoms with Gasteiger partial charge in [-0.2, -0.15) is 0 Å². The van der Waals surface area contributed by atoms with Crippen molar-refractivity contribution in [1.29, 1.82) is 0 Å². The summed E-state index contributed by atoms with van der Waals surface area (Å²) in [5, 5.41) is 3.23. The van der Waals surface area contributed by atoms with Crippen LogP contribution in [-0.4, -0.2) is 33.8 Å². The predicted octanol–water partition coefficient (Wildman–Crippen LogP) is 2.54. The van der Waals surface area contributed by atoms with E-state index < -0.39 is 10.0 Å². The molecule has 0 unspecified atom stereocenters. The molecule has 0 atom stereocenters. The molecule has 0 saturated heterocycles. The molecular formula is C15H26N2O2S. The maximum Gasteiger partial charge on any atom is 0.235 e. The minimum absolute atomic E-state index is 0.186. The molecule has 0 spiro atoms. The highest BCUT2D eigenvalue weighted by atomic mass is 32.2. The molecule has 0 radical (unpaired) electrons. The van der Waals surface area contributed by atoms with E-state index in [1.807, 2.05) is 38.1 Å². The summed E-state index contributed by atoms with van der Waals surface area (Å²) < 4.78 is 26.3. The molecule has 114 valence electrons. The van der Waals surface area contributed by atoms with Crippen molar-refractivity contribution in [3.63, 3.8) is 0 Å². The molecule has 1 N–H and O–H groups in total. The Hall–Kier alpha value is -1.07. The van der Waals surface area contributed by atoms with E-state index in [9.17, 15) is 8.42 Å². The first kappa shape index (κ1) is 17.0. The van der Waals surface area contributed by atoms with E-state index in [0.29, 0.717) is 13.0 Å². The van der Waals surface area contributed by atoms with Gasteiger partial charge in [0.05, 0.1) is 11.4 Å². The van der Waals surface area contributed by atoms with Gasteiger partial charge in [-0.1, -0.05) is 19.1 Å². The number of hydrogen-bond acceptors (Lipinski definition) is 3. The first-order valence-corrected chi connectivity index (χ1v) is 8.90. The molecule has 0 saturated carbocycles. The summed E-state index contributed by atoms with van der Waals surface area (Å²) in [4.78, 5) is 0. The van der Waals surface area contributed by atoms with Crippen LogP contribution in [0.1, 0.15) is 32.3 Å². The number of rotatable bonds is 9. The third kappa shape index (κ3) is 5.13. The van der Waals surface area contributed by atoms with E-state index in [1.165, 1.54) is 4.31 Å². The lowest BCUT2D eigenvalue weighted by Crippen LogP contribution is -2.34. The van der Waals surface area contributed by atoms with Gasteiger partial charge in [0, 0.05) is 6.54 Å². The molecule has 0 aliphatic rings. The number of benzene rings is 1. The van der Waals surface area contributed by atoms with Crippen LogP contribution >= 0.6 is 0 Å². The first-order valence-electron chi connectivity index (χ1n) is 7.29. The van der Waals surface area contributed by atoms with Gasteiger partial charge in [-0.05, 0) is 57.5 Å². The van der Waals surface area contributed by atoms with Gasteiger partial charge >= 0.3 is 0 Å². The SMILES string of the molecule is CCCNCCCS(=O)(=O)N(CC)c1cccc(C)c1. The van der Waals surface area contributed by atoms with Crippen LogP contribution in [0.4, 0.5) is 5.69 Å². The van der Waals surface area contributed by atoms with Gasteiger partial charge in [0.1, 0.15) is 0 Å². The van der Waals surface area contributed by atoms with Crippen molar-refractivity contribution in [3.05, 3.63) is 29.8 Å². The Bertz CT molecular complexity index is 500. The van der Waals surface area contributed by atoms with Gasteiger partial charge in [-0.25, -0.2) is 8.42 Å². The Kier molecular flexibility index (Phi) is 7.02. The van der Waals surface area contributed by atoms with Gasteiger partial charge in [0.2, 0.25) is 10.0 Å². The highest BCUT2D eigenvalue weighted by Gasteiger charge is 2.20. The van der Waals surface area contributed by atoms with Crippen LogP contribution in [0.25, 0.3) is 0 Å². The molecule has 0 aromatic heterocycles. The van der Waals surface area contributed by atoms with Crippen LogP contribution in [0.3, 0.4) is 0 Å². The van der Waals surface area contributed by atoms with Gasteiger partial charge < -0.3 is 5.32 Å². The van der Waals surface area contributed by atoms with Crippen LogP contribution in [0, 0.1) is 6.92 Å². The van der Waals surface area contributed by atoms with Gasteiger partial charge in [-0.3, -0.25) is 4.31 Å². The summed E-state index contributed by atoms with van der Waals surface area (Å²) in [5.74, 6) is 0.186. The highest BCUT2D eigenvalue weighted by Crippen LogP contribution is 2.19. The fourth-order valence-electron chi connectivity index (χ4n) is 2.11. The van der Waals surface area contributed by atoms with E-state index in [2.05, 4.69) is 12.2 Å². The van der Waals surface area contributed by atoms with Crippen molar-refractivity contribution >= 4 is 15.7 Å². The van der Waals surface area contributed by atoms with E-state index >= 15 is 0 Å². The quantitative estimate of drug-likeness (QED) is 0.713. The molecule has 1 rings (SSSR count). The number of aryl methyl sites for hydroxylation is 1. The van der Waals surface area contributed by atoms with E-state index in [0.717, 1.165) is 30.8 Å². The number of anilines is 1. The minimum atomic E-state index is -3.24. The second-order valence-corrected chi connectivity index (χ2v) is 6.94. The number of hydrogen-bond donors (Lipinski definition) is 1. The third-order valence-electron chi connectivity index (χ3n) is 3.10. The molecule has 0 heterocycles.